The fourth-order valence-electron chi connectivity index (χ4n) is 1.69. The third kappa shape index (κ3) is 1.96. The van der Waals surface area contributed by atoms with Crippen LogP contribution in [0.5, 0.6) is 0 Å². The van der Waals surface area contributed by atoms with Crippen molar-refractivity contribution in [2.75, 3.05) is 26.2 Å². The van der Waals surface area contributed by atoms with Gasteiger partial charge in [-0.3, -0.25) is 4.79 Å². The topological polar surface area (TPSA) is 48.1 Å². The molecule has 0 saturated carbocycles. The first kappa shape index (κ1) is 9.27. The third-order valence-electron chi connectivity index (χ3n) is 2.47. The summed E-state index contributed by atoms with van der Waals surface area (Å²) in [5.74, 6) is 0.134. The molecule has 1 aromatic heterocycles. The van der Waals surface area contributed by atoms with Crippen LogP contribution in [0.1, 0.15) is 16.8 Å². The second-order valence-corrected chi connectivity index (χ2v) is 3.50. The SMILES string of the molecule is O=C(c1cc[nH]c1)N1CCCNCC1. The first-order valence-corrected chi connectivity index (χ1v) is 5.01. The Morgan fingerprint density at radius 2 is 2.29 bits per heavy atom. The van der Waals surface area contributed by atoms with E-state index in [0.29, 0.717) is 0 Å². The van der Waals surface area contributed by atoms with E-state index in [2.05, 4.69) is 10.3 Å². The van der Waals surface area contributed by atoms with Crippen LogP contribution in [0.15, 0.2) is 18.5 Å². The predicted octanol–water partition coefficient (Wildman–Crippen LogP) is 0.450. The van der Waals surface area contributed by atoms with Crippen LogP contribution in [0, 0.1) is 0 Å². The van der Waals surface area contributed by atoms with Gasteiger partial charge in [0.25, 0.3) is 5.91 Å². The Labute approximate surface area is 83.3 Å². The highest BCUT2D eigenvalue weighted by atomic mass is 16.2. The van der Waals surface area contributed by atoms with Gasteiger partial charge in [0.15, 0.2) is 0 Å². The number of nitrogens with zero attached hydrogens (tertiary/aromatic N) is 1. The normalized spacial score (nSPS) is 17.9. The van der Waals surface area contributed by atoms with Gasteiger partial charge in [-0.15, -0.1) is 0 Å². The van der Waals surface area contributed by atoms with Crippen LogP contribution in [0.25, 0.3) is 0 Å². The van der Waals surface area contributed by atoms with E-state index in [9.17, 15) is 4.79 Å². The molecule has 1 amide bonds. The molecular weight excluding hydrogens is 178 g/mol. The van der Waals surface area contributed by atoms with Crippen molar-refractivity contribution >= 4 is 5.91 Å². The molecule has 0 unspecified atom stereocenters. The molecule has 76 valence electrons. The summed E-state index contributed by atoms with van der Waals surface area (Å²) in [6.45, 7) is 3.58. The van der Waals surface area contributed by atoms with Crippen LogP contribution in [-0.4, -0.2) is 42.0 Å². The molecule has 2 rings (SSSR count). The van der Waals surface area contributed by atoms with Crippen LogP contribution in [0.4, 0.5) is 0 Å². The first-order valence-electron chi connectivity index (χ1n) is 5.01. The lowest BCUT2D eigenvalue weighted by Crippen LogP contribution is -2.33. The van der Waals surface area contributed by atoms with Gasteiger partial charge in [-0.2, -0.15) is 0 Å². The molecule has 1 aliphatic rings. The Balaban J connectivity index is 2.03. The molecule has 0 aromatic carbocycles. The van der Waals surface area contributed by atoms with E-state index < -0.39 is 0 Å². The Hall–Kier alpha value is -1.29. The van der Waals surface area contributed by atoms with Gasteiger partial charge in [-0.1, -0.05) is 0 Å². The summed E-state index contributed by atoms with van der Waals surface area (Å²) in [7, 11) is 0. The average molecular weight is 193 g/mol. The number of aromatic amines is 1. The second kappa shape index (κ2) is 4.28. The van der Waals surface area contributed by atoms with Crippen molar-refractivity contribution in [1.29, 1.82) is 0 Å². The van der Waals surface area contributed by atoms with E-state index in [-0.39, 0.29) is 5.91 Å². The van der Waals surface area contributed by atoms with Crippen LogP contribution in [0.2, 0.25) is 0 Å². The molecule has 1 fully saturated rings. The molecule has 0 spiro atoms. The molecule has 4 nitrogen and oxygen atoms in total. The van der Waals surface area contributed by atoms with E-state index in [1.54, 1.807) is 12.4 Å². The van der Waals surface area contributed by atoms with Gasteiger partial charge in [0.1, 0.15) is 0 Å². The number of hydrogen-bond donors (Lipinski definition) is 2. The number of amides is 1. The van der Waals surface area contributed by atoms with Crippen molar-refractivity contribution in [3.63, 3.8) is 0 Å². The van der Waals surface area contributed by atoms with Crippen LogP contribution in [-0.2, 0) is 0 Å². The summed E-state index contributed by atoms with van der Waals surface area (Å²) < 4.78 is 0. The number of carbonyl (C=O) groups excluding carboxylic acids is 1. The van der Waals surface area contributed by atoms with Crippen molar-refractivity contribution < 1.29 is 4.79 Å². The smallest absolute Gasteiger partial charge is 0.255 e. The molecule has 2 N–H and O–H groups in total. The molecule has 1 aromatic rings. The van der Waals surface area contributed by atoms with Crippen molar-refractivity contribution in [3.05, 3.63) is 24.0 Å². The zero-order chi connectivity index (χ0) is 9.80. The molecule has 2 heterocycles. The number of nitrogens with one attached hydrogen (secondary N) is 2. The minimum absolute atomic E-state index is 0.134. The maximum atomic E-state index is 11.9. The highest BCUT2D eigenvalue weighted by Gasteiger charge is 2.16. The number of aromatic nitrogens is 1. The molecule has 0 atom stereocenters. The van der Waals surface area contributed by atoms with Crippen LogP contribution in [0.3, 0.4) is 0 Å². The molecule has 4 heteroatoms. The number of H-pyrrole nitrogens is 1. The third-order valence-corrected chi connectivity index (χ3v) is 2.47. The van der Waals surface area contributed by atoms with Gasteiger partial charge in [0.05, 0.1) is 5.56 Å². The standard InChI is InChI=1S/C10H15N3O/c14-10(9-2-4-12-8-9)13-6-1-3-11-5-7-13/h2,4,8,11-12H,1,3,5-7H2. The van der Waals surface area contributed by atoms with Crippen LogP contribution >= 0.6 is 0 Å². The fourth-order valence-corrected chi connectivity index (χ4v) is 1.69. The molecule has 0 aliphatic carbocycles. The Morgan fingerprint density at radius 1 is 1.36 bits per heavy atom. The summed E-state index contributed by atoms with van der Waals surface area (Å²) >= 11 is 0. The maximum absolute atomic E-state index is 11.9. The Bertz CT molecular complexity index is 286. The number of hydrogen-bond acceptors (Lipinski definition) is 2. The van der Waals surface area contributed by atoms with E-state index in [0.717, 1.165) is 38.2 Å². The molecule has 1 saturated heterocycles. The van der Waals surface area contributed by atoms with Gasteiger partial charge in [0, 0.05) is 32.0 Å². The Morgan fingerprint density at radius 3 is 3.07 bits per heavy atom. The molecule has 0 radical (unpaired) electrons. The summed E-state index contributed by atoms with van der Waals surface area (Å²) in [5.41, 5.74) is 0.756. The molecule has 0 bridgehead atoms. The lowest BCUT2D eigenvalue weighted by Gasteiger charge is -2.18. The summed E-state index contributed by atoms with van der Waals surface area (Å²) in [5, 5.41) is 3.28. The summed E-state index contributed by atoms with van der Waals surface area (Å²) in [6.07, 6.45) is 4.57. The summed E-state index contributed by atoms with van der Waals surface area (Å²) in [4.78, 5) is 16.7. The molecular formula is C10H15N3O. The van der Waals surface area contributed by atoms with Gasteiger partial charge >= 0.3 is 0 Å². The lowest BCUT2D eigenvalue weighted by molar-refractivity contribution is 0.0766. The largest absolute Gasteiger partial charge is 0.367 e. The highest BCUT2D eigenvalue weighted by molar-refractivity contribution is 5.94. The fraction of sp³-hybridized carbons (Fsp3) is 0.500. The predicted molar refractivity (Wildman–Crippen MR) is 54.2 cm³/mol. The van der Waals surface area contributed by atoms with Crippen molar-refractivity contribution in [3.8, 4) is 0 Å². The summed E-state index contributed by atoms with van der Waals surface area (Å²) in [6, 6.07) is 1.82. The quantitative estimate of drug-likeness (QED) is 0.680. The van der Waals surface area contributed by atoms with E-state index in [4.69, 9.17) is 0 Å². The van der Waals surface area contributed by atoms with Gasteiger partial charge in [-0.05, 0) is 19.0 Å². The van der Waals surface area contributed by atoms with Gasteiger partial charge in [-0.25, -0.2) is 0 Å². The van der Waals surface area contributed by atoms with Crippen LogP contribution < -0.4 is 5.32 Å². The average Bonchev–Trinajstić information content (AvgIpc) is 2.59. The van der Waals surface area contributed by atoms with Gasteiger partial charge in [0.2, 0.25) is 0 Å². The zero-order valence-electron chi connectivity index (χ0n) is 8.12. The van der Waals surface area contributed by atoms with Crippen molar-refractivity contribution in [2.45, 2.75) is 6.42 Å². The maximum Gasteiger partial charge on any atom is 0.255 e. The molecule has 14 heavy (non-hydrogen) atoms. The van der Waals surface area contributed by atoms with Crippen molar-refractivity contribution in [2.24, 2.45) is 0 Å². The lowest BCUT2D eigenvalue weighted by atomic mass is 10.3. The Kier molecular flexibility index (Phi) is 2.84. The molecule has 1 aliphatic heterocycles. The van der Waals surface area contributed by atoms with Gasteiger partial charge < -0.3 is 15.2 Å². The highest BCUT2D eigenvalue weighted by Crippen LogP contribution is 2.05. The number of carbonyl (C=O) groups is 1. The van der Waals surface area contributed by atoms with E-state index >= 15 is 0 Å². The monoisotopic (exact) mass is 193 g/mol. The van der Waals surface area contributed by atoms with Crippen molar-refractivity contribution in [1.82, 2.24) is 15.2 Å². The minimum atomic E-state index is 0.134. The second-order valence-electron chi connectivity index (χ2n) is 3.50. The first-order chi connectivity index (χ1) is 6.88. The minimum Gasteiger partial charge on any atom is -0.367 e. The number of rotatable bonds is 1. The van der Waals surface area contributed by atoms with E-state index in [1.165, 1.54) is 0 Å². The zero-order valence-corrected chi connectivity index (χ0v) is 8.12. The van der Waals surface area contributed by atoms with E-state index in [1.807, 2.05) is 11.0 Å².